The average Bonchev–Trinajstić information content (AvgIpc) is 2.33. The predicted molar refractivity (Wildman–Crippen MR) is 63.9 cm³/mol. The maximum Gasteiger partial charge on any atom is 0.141 e. The smallest absolute Gasteiger partial charge is 0.141 e. The van der Waals surface area contributed by atoms with Gasteiger partial charge >= 0.3 is 0 Å². The van der Waals surface area contributed by atoms with E-state index in [-0.39, 0.29) is 16.9 Å². The van der Waals surface area contributed by atoms with Crippen molar-refractivity contribution in [2.45, 2.75) is 18.9 Å². The Hall–Kier alpha value is -0.640. The molecule has 1 aliphatic rings. The minimum absolute atomic E-state index is 0.0415. The van der Waals surface area contributed by atoms with E-state index in [1.807, 2.05) is 0 Å². The zero-order valence-electron chi connectivity index (χ0n) is 9.05. The molecule has 0 bridgehead atoms. The summed E-state index contributed by atoms with van der Waals surface area (Å²) in [5, 5.41) is 3.45. The highest BCUT2D eigenvalue weighted by molar-refractivity contribution is 6.30. The zero-order chi connectivity index (χ0) is 11.5. The van der Waals surface area contributed by atoms with Crippen molar-refractivity contribution in [2.75, 3.05) is 13.1 Å². The van der Waals surface area contributed by atoms with Gasteiger partial charge in [0.25, 0.3) is 0 Å². The van der Waals surface area contributed by atoms with Crippen LogP contribution in [0.15, 0.2) is 18.2 Å². The summed E-state index contributed by atoms with van der Waals surface area (Å²) in [7, 11) is 0. The first-order valence-electron chi connectivity index (χ1n) is 5.59. The molecule has 16 heavy (non-hydrogen) atoms. The van der Waals surface area contributed by atoms with E-state index in [1.165, 1.54) is 6.07 Å². The normalized spacial score (nSPS) is 19.7. The summed E-state index contributed by atoms with van der Waals surface area (Å²) in [4.78, 5) is 0. The molecule has 1 atom stereocenters. The average molecular weight is 243 g/mol. The van der Waals surface area contributed by atoms with Crippen molar-refractivity contribution >= 4 is 11.6 Å². The third kappa shape index (κ3) is 2.54. The molecule has 4 heteroatoms. The highest BCUT2D eigenvalue weighted by atomic mass is 35.5. The summed E-state index contributed by atoms with van der Waals surface area (Å²) in [6.07, 6.45) is 2.13. The maximum atomic E-state index is 13.0. The summed E-state index contributed by atoms with van der Waals surface area (Å²) >= 11 is 5.75. The Kier molecular flexibility index (Phi) is 3.79. The molecule has 2 rings (SSSR count). The van der Waals surface area contributed by atoms with Crippen molar-refractivity contribution in [1.82, 2.24) is 5.32 Å². The molecule has 1 unspecified atom stereocenters. The lowest BCUT2D eigenvalue weighted by Crippen LogP contribution is -2.33. The number of hydrogen-bond acceptors (Lipinski definition) is 2. The van der Waals surface area contributed by atoms with E-state index in [9.17, 15) is 4.39 Å². The van der Waals surface area contributed by atoms with Crippen LogP contribution in [0, 0.1) is 11.7 Å². The van der Waals surface area contributed by atoms with E-state index < -0.39 is 0 Å². The molecule has 1 aromatic carbocycles. The summed E-state index contributed by atoms with van der Waals surface area (Å²) in [5.74, 6) is 0.0747. The number of halogens is 2. The van der Waals surface area contributed by atoms with Crippen molar-refractivity contribution in [3.63, 3.8) is 0 Å². The zero-order valence-corrected chi connectivity index (χ0v) is 9.80. The van der Waals surface area contributed by atoms with Crippen LogP contribution in [0.3, 0.4) is 0 Å². The fourth-order valence-electron chi connectivity index (χ4n) is 2.20. The van der Waals surface area contributed by atoms with Crippen LogP contribution >= 0.6 is 11.6 Å². The van der Waals surface area contributed by atoms with Gasteiger partial charge in [0, 0.05) is 6.04 Å². The second-order valence-corrected chi connectivity index (χ2v) is 4.69. The molecule has 1 heterocycles. The van der Waals surface area contributed by atoms with Crippen molar-refractivity contribution < 1.29 is 4.39 Å². The molecule has 1 fully saturated rings. The van der Waals surface area contributed by atoms with Gasteiger partial charge in [-0.3, -0.25) is 0 Å². The van der Waals surface area contributed by atoms with Crippen molar-refractivity contribution in [1.29, 1.82) is 0 Å². The summed E-state index contributed by atoms with van der Waals surface area (Å²) in [6, 6.07) is 4.72. The molecule has 1 saturated heterocycles. The minimum atomic E-state index is -0.386. The first-order valence-corrected chi connectivity index (χ1v) is 5.97. The predicted octanol–water partition coefficient (Wildman–Crippen LogP) is 2.48. The first-order chi connectivity index (χ1) is 7.68. The van der Waals surface area contributed by atoms with Crippen LogP contribution in [-0.4, -0.2) is 13.1 Å². The second kappa shape index (κ2) is 5.13. The fraction of sp³-hybridized carbons (Fsp3) is 0.500. The molecular weight excluding hydrogens is 227 g/mol. The van der Waals surface area contributed by atoms with Gasteiger partial charge in [0.15, 0.2) is 0 Å². The van der Waals surface area contributed by atoms with Crippen LogP contribution in [0.5, 0.6) is 0 Å². The monoisotopic (exact) mass is 242 g/mol. The van der Waals surface area contributed by atoms with Gasteiger partial charge in [0.05, 0.1) is 5.02 Å². The van der Waals surface area contributed by atoms with Crippen LogP contribution < -0.4 is 11.1 Å². The highest BCUT2D eigenvalue weighted by Gasteiger charge is 2.22. The molecule has 0 aromatic heterocycles. The van der Waals surface area contributed by atoms with Crippen LogP contribution in [0.2, 0.25) is 5.02 Å². The Bertz CT molecular complexity index is 364. The van der Waals surface area contributed by atoms with Crippen LogP contribution in [0.25, 0.3) is 0 Å². The SMILES string of the molecule is NC(c1ccc(F)c(Cl)c1)C1CCNCC1. The Balaban J connectivity index is 2.12. The van der Waals surface area contributed by atoms with Gasteiger partial charge in [0.2, 0.25) is 0 Å². The molecule has 3 N–H and O–H groups in total. The summed E-state index contributed by atoms with van der Waals surface area (Å²) in [6.45, 7) is 2.01. The van der Waals surface area contributed by atoms with E-state index in [1.54, 1.807) is 12.1 Å². The first kappa shape index (κ1) is 11.8. The third-order valence-electron chi connectivity index (χ3n) is 3.22. The quantitative estimate of drug-likeness (QED) is 0.836. The lowest BCUT2D eigenvalue weighted by atomic mass is 9.86. The Morgan fingerprint density at radius 3 is 2.69 bits per heavy atom. The molecule has 0 radical (unpaired) electrons. The largest absolute Gasteiger partial charge is 0.324 e. The lowest BCUT2D eigenvalue weighted by Gasteiger charge is -2.28. The molecule has 1 aromatic rings. The number of rotatable bonds is 2. The van der Waals surface area contributed by atoms with Crippen LogP contribution in [-0.2, 0) is 0 Å². The van der Waals surface area contributed by atoms with Crippen molar-refractivity contribution in [2.24, 2.45) is 11.7 Å². The Morgan fingerprint density at radius 1 is 1.38 bits per heavy atom. The Morgan fingerprint density at radius 2 is 2.06 bits per heavy atom. The van der Waals surface area contributed by atoms with Gasteiger partial charge in [-0.25, -0.2) is 4.39 Å². The number of nitrogens with one attached hydrogen (secondary N) is 1. The molecule has 88 valence electrons. The number of nitrogens with two attached hydrogens (primary N) is 1. The molecule has 0 amide bonds. The Labute approximate surface area is 100.0 Å². The molecular formula is C12H16ClFN2. The van der Waals surface area contributed by atoms with Gasteiger partial charge in [-0.05, 0) is 49.5 Å². The van der Waals surface area contributed by atoms with Gasteiger partial charge in [-0.2, -0.15) is 0 Å². The van der Waals surface area contributed by atoms with E-state index in [4.69, 9.17) is 17.3 Å². The molecule has 1 aliphatic heterocycles. The number of hydrogen-bond donors (Lipinski definition) is 2. The van der Waals surface area contributed by atoms with Gasteiger partial charge in [-0.1, -0.05) is 17.7 Å². The molecule has 0 spiro atoms. The molecule has 0 saturated carbocycles. The van der Waals surface area contributed by atoms with E-state index in [0.717, 1.165) is 31.5 Å². The fourth-order valence-corrected chi connectivity index (χ4v) is 2.38. The molecule has 2 nitrogen and oxygen atoms in total. The maximum absolute atomic E-state index is 13.0. The van der Waals surface area contributed by atoms with Crippen LogP contribution in [0.1, 0.15) is 24.4 Å². The van der Waals surface area contributed by atoms with Gasteiger partial charge < -0.3 is 11.1 Å². The van der Waals surface area contributed by atoms with E-state index in [2.05, 4.69) is 5.32 Å². The van der Waals surface area contributed by atoms with Crippen LogP contribution in [0.4, 0.5) is 4.39 Å². The number of benzene rings is 1. The van der Waals surface area contributed by atoms with Crippen molar-refractivity contribution in [3.8, 4) is 0 Å². The number of piperidine rings is 1. The minimum Gasteiger partial charge on any atom is -0.324 e. The lowest BCUT2D eigenvalue weighted by molar-refractivity contribution is 0.322. The second-order valence-electron chi connectivity index (χ2n) is 4.29. The van der Waals surface area contributed by atoms with E-state index in [0.29, 0.717) is 5.92 Å². The van der Waals surface area contributed by atoms with E-state index >= 15 is 0 Å². The summed E-state index contributed by atoms with van der Waals surface area (Å²) in [5.41, 5.74) is 7.11. The summed E-state index contributed by atoms with van der Waals surface area (Å²) < 4.78 is 13.0. The van der Waals surface area contributed by atoms with Gasteiger partial charge in [-0.15, -0.1) is 0 Å². The van der Waals surface area contributed by atoms with Crippen molar-refractivity contribution in [3.05, 3.63) is 34.6 Å². The molecule has 0 aliphatic carbocycles. The highest BCUT2D eigenvalue weighted by Crippen LogP contribution is 2.28. The van der Waals surface area contributed by atoms with Gasteiger partial charge in [0.1, 0.15) is 5.82 Å². The topological polar surface area (TPSA) is 38.0 Å². The third-order valence-corrected chi connectivity index (χ3v) is 3.51. The standard InChI is InChI=1S/C12H16ClFN2/c13-10-7-9(1-2-11(10)14)12(15)8-3-5-16-6-4-8/h1-2,7-8,12,16H,3-6,15H2.